The molecule has 274 valence electrons. The fourth-order valence-corrected chi connectivity index (χ4v) is 8.60. The Labute approximate surface area is 313 Å². The van der Waals surface area contributed by atoms with Gasteiger partial charge in [0, 0.05) is 42.6 Å². The van der Waals surface area contributed by atoms with E-state index in [1.54, 1.807) is 7.11 Å². The average molecular weight is 733 g/mol. The van der Waals surface area contributed by atoms with Crippen LogP contribution in [0, 0.1) is 18.3 Å². The first-order chi connectivity index (χ1) is 25.8. The van der Waals surface area contributed by atoms with Gasteiger partial charge in [-0.05, 0) is 73.7 Å². The Hall–Kier alpha value is -5.09. The maximum atomic E-state index is 13.6. The number of amides is 1. The van der Waals surface area contributed by atoms with Gasteiger partial charge in [-0.15, -0.1) is 0 Å². The highest BCUT2D eigenvalue weighted by Gasteiger charge is 2.34. The summed E-state index contributed by atoms with van der Waals surface area (Å²) < 4.78 is 20.1. The molecule has 2 aliphatic rings. The third-order valence-corrected chi connectivity index (χ3v) is 11.5. The van der Waals surface area contributed by atoms with Crippen molar-refractivity contribution in [2.24, 2.45) is 0 Å². The van der Waals surface area contributed by atoms with Gasteiger partial charge in [0.25, 0.3) is 5.91 Å². The summed E-state index contributed by atoms with van der Waals surface area (Å²) in [7, 11) is 3.02. The van der Waals surface area contributed by atoms with Crippen molar-refractivity contribution < 1.29 is 23.8 Å². The first-order valence-corrected chi connectivity index (χ1v) is 19.0. The Kier molecular flexibility index (Phi) is 10.9. The molecule has 2 aromatic carbocycles. The third-order valence-electron chi connectivity index (χ3n) is 10.5. The van der Waals surface area contributed by atoms with Crippen molar-refractivity contribution in [1.29, 1.82) is 5.26 Å². The molecule has 12 heteroatoms. The van der Waals surface area contributed by atoms with Crippen molar-refractivity contribution in [1.82, 2.24) is 14.5 Å². The number of esters is 1. The van der Waals surface area contributed by atoms with Crippen molar-refractivity contribution in [3.63, 3.8) is 0 Å². The van der Waals surface area contributed by atoms with Crippen LogP contribution in [0.3, 0.4) is 0 Å². The quantitative estimate of drug-likeness (QED) is 0.0825. The Balaban J connectivity index is 1.18. The largest absolute Gasteiger partial charge is 0.464 e. The van der Waals surface area contributed by atoms with Gasteiger partial charge in [-0.25, -0.2) is 14.8 Å². The highest BCUT2D eigenvalue weighted by molar-refractivity contribution is 7.22. The van der Waals surface area contributed by atoms with Gasteiger partial charge in [-0.1, -0.05) is 61.3 Å². The maximum absolute atomic E-state index is 13.6. The monoisotopic (exact) mass is 732 g/mol. The van der Waals surface area contributed by atoms with Crippen LogP contribution in [0.5, 0.6) is 0 Å². The van der Waals surface area contributed by atoms with Crippen LogP contribution in [0.2, 0.25) is 0 Å². The van der Waals surface area contributed by atoms with E-state index in [9.17, 15) is 14.9 Å². The fourth-order valence-electron chi connectivity index (χ4n) is 7.74. The van der Waals surface area contributed by atoms with E-state index in [0.717, 1.165) is 71.1 Å². The van der Waals surface area contributed by atoms with E-state index in [4.69, 9.17) is 19.2 Å². The maximum Gasteiger partial charge on any atom is 0.357 e. The van der Waals surface area contributed by atoms with Crippen molar-refractivity contribution in [2.75, 3.05) is 44.2 Å². The molecular formula is C41H44N6O5S. The summed E-state index contributed by atoms with van der Waals surface area (Å²) in [6.07, 6.45) is 6.98. The van der Waals surface area contributed by atoms with Gasteiger partial charge in [0.2, 0.25) is 0 Å². The molecule has 3 aromatic heterocycles. The Morgan fingerprint density at radius 1 is 0.981 bits per heavy atom. The molecule has 4 heterocycles. The van der Waals surface area contributed by atoms with Gasteiger partial charge in [-0.2, -0.15) is 5.26 Å². The lowest BCUT2D eigenvalue weighted by molar-refractivity contribution is -0.0825. The van der Waals surface area contributed by atoms with Crippen molar-refractivity contribution in [2.45, 2.75) is 70.6 Å². The number of nitriles is 1. The molecule has 1 amide bonds. The third kappa shape index (κ3) is 7.55. The molecular weight excluding hydrogens is 689 g/mol. The zero-order chi connectivity index (χ0) is 37.0. The molecule has 0 bridgehead atoms. The zero-order valence-electron chi connectivity index (χ0n) is 30.4. The Morgan fingerprint density at radius 2 is 1.79 bits per heavy atom. The van der Waals surface area contributed by atoms with E-state index >= 15 is 0 Å². The number of nitrogens with one attached hydrogen (secondary N) is 1. The lowest BCUT2D eigenvalue weighted by Gasteiger charge is -2.34. The molecule has 0 spiro atoms. The van der Waals surface area contributed by atoms with Crippen LogP contribution in [0.25, 0.3) is 21.3 Å². The van der Waals surface area contributed by atoms with E-state index in [1.807, 2.05) is 66.1 Å². The highest BCUT2D eigenvalue weighted by atomic mass is 32.1. The standard InChI is InChI=1S/C41H44N6O5S/c1-27-32(23-29(24-42)47(27)26-41(52-22-21-50-2)18-8-4-5-9-19-41)30-15-16-36(44-37(30)39(49)51-3)46-20-17-28-11-10-12-31(33(28)25-46)38(48)45-40-43-34-13-6-7-14-35(34)53-40/h6-7,10-16,23H,4-5,8-9,17-22,25-26H2,1-3H3,(H,43,45,48). The number of nitrogens with zero attached hydrogens (tertiary/aromatic N) is 5. The van der Waals surface area contributed by atoms with Crippen LogP contribution in [0.4, 0.5) is 10.9 Å². The molecule has 5 aromatic rings. The van der Waals surface area contributed by atoms with Crippen LogP contribution in [0.1, 0.15) is 81.9 Å². The van der Waals surface area contributed by atoms with Crippen LogP contribution < -0.4 is 10.2 Å². The predicted molar refractivity (Wildman–Crippen MR) is 205 cm³/mol. The number of anilines is 2. The molecule has 53 heavy (non-hydrogen) atoms. The molecule has 1 saturated carbocycles. The molecule has 1 aliphatic heterocycles. The second-order valence-corrected chi connectivity index (χ2v) is 14.8. The minimum Gasteiger partial charge on any atom is -0.464 e. The summed E-state index contributed by atoms with van der Waals surface area (Å²) >= 11 is 1.44. The smallest absolute Gasteiger partial charge is 0.357 e. The Morgan fingerprint density at radius 3 is 2.55 bits per heavy atom. The molecule has 0 saturated heterocycles. The number of benzene rings is 2. The van der Waals surface area contributed by atoms with Gasteiger partial charge in [0.05, 0.1) is 42.7 Å². The van der Waals surface area contributed by atoms with Gasteiger partial charge in [-0.3, -0.25) is 10.1 Å². The second kappa shape index (κ2) is 15.9. The molecule has 1 aliphatic carbocycles. The van der Waals surface area contributed by atoms with E-state index in [1.165, 1.54) is 18.4 Å². The number of methoxy groups -OCH3 is 2. The van der Waals surface area contributed by atoms with Gasteiger partial charge in [0.15, 0.2) is 10.8 Å². The molecule has 1 fully saturated rings. The van der Waals surface area contributed by atoms with E-state index in [2.05, 4.69) is 27.3 Å². The molecule has 0 unspecified atom stereocenters. The number of thiazole rings is 1. The number of hydrogen-bond donors (Lipinski definition) is 1. The predicted octanol–water partition coefficient (Wildman–Crippen LogP) is 7.70. The number of para-hydroxylation sites is 1. The van der Waals surface area contributed by atoms with E-state index < -0.39 is 11.6 Å². The normalized spacial score (nSPS) is 15.4. The lowest BCUT2D eigenvalue weighted by Crippen LogP contribution is -2.38. The SMILES string of the molecule is COCCOC1(Cn2c(C#N)cc(-c3ccc(N4CCc5cccc(C(=O)Nc6nc7ccccc7s6)c5C4)nc3C(=O)OC)c2C)CCCCCC1. The summed E-state index contributed by atoms with van der Waals surface area (Å²) in [6, 6.07) is 21.6. The highest BCUT2D eigenvalue weighted by Crippen LogP contribution is 2.37. The summed E-state index contributed by atoms with van der Waals surface area (Å²) in [4.78, 5) is 38.6. The van der Waals surface area contributed by atoms with Crippen LogP contribution in [-0.2, 0) is 33.7 Å². The second-order valence-electron chi connectivity index (χ2n) is 13.8. The van der Waals surface area contributed by atoms with Gasteiger partial charge < -0.3 is 23.7 Å². The summed E-state index contributed by atoms with van der Waals surface area (Å²) in [5.41, 5.74) is 5.89. The number of carbonyl (C=O) groups is 2. The van der Waals surface area contributed by atoms with Crippen LogP contribution >= 0.6 is 11.3 Å². The van der Waals surface area contributed by atoms with E-state index in [-0.39, 0.29) is 11.6 Å². The minimum atomic E-state index is -0.566. The first kappa shape index (κ1) is 36.3. The number of aromatic nitrogens is 3. The van der Waals surface area contributed by atoms with Crippen molar-refractivity contribution in [3.05, 3.63) is 94.4 Å². The van der Waals surface area contributed by atoms with Crippen LogP contribution in [0.15, 0.2) is 60.7 Å². The van der Waals surface area contributed by atoms with Crippen molar-refractivity contribution in [3.8, 4) is 17.2 Å². The molecule has 0 radical (unpaired) electrons. The number of carbonyl (C=O) groups excluding carboxylic acids is 2. The zero-order valence-corrected chi connectivity index (χ0v) is 31.3. The molecule has 0 atom stereocenters. The van der Waals surface area contributed by atoms with Gasteiger partial charge in [0.1, 0.15) is 17.6 Å². The topological polar surface area (TPSA) is 132 Å². The Bertz CT molecular complexity index is 2140. The summed E-state index contributed by atoms with van der Waals surface area (Å²) in [6.45, 7) is 4.59. The first-order valence-electron chi connectivity index (χ1n) is 18.2. The number of hydrogen-bond acceptors (Lipinski definition) is 10. The number of ether oxygens (including phenoxy) is 3. The summed E-state index contributed by atoms with van der Waals surface area (Å²) in [5, 5.41) is 13.9. The average Bonchev–Trinajstić information content (AvgIpc) is 3.64. The van der Waals surface area contributed by atoms with E-state index in [0.29, 0.717) is 67.0 Å². The van der Waals surface area contributed by atoms with Crippen molar-refractivity contribution >= 4 is 44.4 Å². The lowest BCUT2D eigenvalue weighted by atomic mass is 9.93. The summed E-state index contributed by atoms with van der Waals surface area (Å²) in [5.74, 6) is -0.184. The number of pyridine rings is 1. The molecule has 1 N–H and O–H groups in total. The number of fused-ring (bicyclic) bond motifs is 2. The minimum absolute atomic E-state index is 0.169. The fraction of sp³-hybridized carbons (Fsp3) is 0.390. The number of rotatable bonds is 11. The molecule has 11 nitrogen and oxygen atoms in total. The molecule has 7 rings (SSSR count). The van der Waals surface area contributed by atoms with Gasteiger partial charge >= 0.3 is 5.97 Å². The van der Waals surface area contributed by atoms with Crippen LogP contribution in [-0.4, -0.2) is 66.0 Å².